The van der Waals surface area contributed by atoms with Crippen LogP contribution in [0.15, 0.2) is 17.2 Å². The van der Waals surface area contributed by atoms with E-state index in [2.05, 4.69) is 17.0 Å². The first-order valence-electron chi connectivity index (χ1n) is 6.33. The second-order valence-electron chi connectivity index (χ2n) is 4.58. The molecule has 1 fully saturated rings. The van der Waals surface area contributed by atoms with Gasteiger partial charge in [-0.1, -0.05) is 13.3 Å². The summed E-state index contributed by atoms with van der Waals surface area (Å²) in [5.41, 5.74) is 0.916. The van der Waals surface area contributed by atoms with E-state index in [1.54, 1.807) is 15.1 Å². The zero-order valence-corrected chi connectivity index (χ0v) is 10.4. The van der Waals surface area contributed by atoms with Crippen molar-refractivity contribution in [1.82, 2.24) is 19.2 Å². The summed E-state index contributed by atoms with van der Waals surface area (Å²) in [6, 6.07) is 1.75. The largest absolute Gasteiger partial charge is 0.379 e. The van der Waals surface area contributed by atoms with E-state index in [0.717, 1.165) is 25.0 Å². The van der Waals surface area contributed by atoms with Gasteiger partial charge in [-0.2, -0.15) is 10.1 Å². The van der Waals surface area contributed by atoms with Crippen molar-refractivity contribution in [3.8, 4) is 0 Å². The number of hydrogen-bond donors (Lipinski definition) is 0. The molecule has 0 saturated carbocycles. The number of rotatable bonds is 3. The van der Waals surface area contributed by atoms with Crippen LogP contribution < -0.4 is 5.56 Å². The van der Waals surface area contributed by atoms with Crippen LogP contribution in [0.2, 0.25) is 0 Å². The quantitative estimate of drug-likeness (QED) is 0.806. The molecule has 6 nitrogen and oxygen atoms in total. The van der Waals surface area contributed by atoms with Gasteiger partial charge in [0.25, 0.3) is 5.56 Å². The summed E-state index contributed by atoms with van der Waals surface area (Å²) < 4.78 is 8.83. The van der Waals surface area contributed by atoms with Gasteiger partial charge in [0.2, 0.25) is 5.78 Å². The summed E-state index contributed by atoms with van der Waals surface area (Å²) in [5, 5.41) is 4.22. The highest BCUT2D eigenvalue weighted by Gasteiger charge is 2.22. The first kappa shape index (κ1) is 11.4. The second-order valence-corrected chi connectivity index (χ2v) is 4.58. The van der Waals surface area contributed by atoms with Crippen LogP contribution >= 0.6 is 0 Å². The monoisotopic (exact) mass is 248 g/mol. The van der Waals surface area contributed by atoms with E-state index >= 15 is 0 Å². The molecule has 18 heavy (non-hydrogen) atoms. The minimum Gasteiger partial charge on any atom is -0.379 e. The Balaban J connectivity index is 2.19. The molecule has 3 heterocycles. The van der Waals surface area contributed by atoms with Crippen LogP contribution in [0.4, 0.5) is 0 Å². The molecule has 3 rings (SSSR count). The summed E-state index contributed by atoms with van der Waals surface area (Å²) in [7, 11) is 0. The highest BCUT2D eigenvalue weighted by Crippen LogP contribution is 2.19. The summed E-state index contributed by atoms with van der Waals surface area (Å²) in [4.78, 5) is 16.5. The molecule has 0 spiro atoms. The van der Waals surface area contributed by atoms with E-state index in [1.807, 2.05) is 0 Å². The molecule has 0 amide bonds. The van der Waals surface area contributed by atoms with Gasteiger partial charge in [-0.15, -0.1) is 0 Å². The summed E-state index contributed by atoms with van der Waals surface area (Å²) in [6.07, 6.45) is 4.16. The van der Waals surface area contributed by atoms with Gasteiger partial charge in [0, 0.05) is 12.7 Å². The van der Waals surface area contributed by atoms with E-state index in [1.165, 1.54) is 6.33 Å². The molecule has 2 aromatic heterocycles. The van der Waals surface area contributed by atoms with E-state index in [4.69, 9.17) is 4.74 Å². The highest BCUT2D eigenvalue weighted by molar-refractivity contribution is 5.30. The minimum atomic E-state index is -0.00514. The van der Waals surface area contributed by atoms with E-state index < -0.39 is 0 Å². The molecule has 1 unspecified atom stereocenters. The van der Waals surface area contributed by atoms with E-state index in [9.17, 15) is 4.79 Å². The molecule has 0 aliphatic carbocycles. The molecule has 6 heteroatoms. The lowest BCUT2D eigenvalue weighted by atomic mass is 10.2. The van der Waals surface area contributed by atoms with Crippen molar-refractivity contribution in [3.63, 3.8) is 0 Å². The van der Waals surface area contributed by atoms with E-state index in [-0.39, 0.29) is 11.6 Å². The van der Waals surface area contributed by atoms with Gasteiger partial charge < -0.3 is 4.74 Å². The van der Waals surface area contributed by atoms with Gasteiger partial charge in [0.15, 0.2) is 0 Å². The average molecular weight is 248 g/mol. The van der Waals surface area contributed by atoms with Gasteiger partial charge >= 0.3 is 0 Å². The summed E-state index contributed by atoms with van der Waals surface area (Å²) in [6.45, 7) is 3.36. The van der Waals surface area contributed by atoms with Crippen LogP contribution in [-0.2, 0) is 11.2 Å². The van der Waals surface area contributed by atoms with Crippen LogP contribution in [0.5, 0.6) is 0 Å². The molecule has 1 saturated heterocycles. The lowest BCUT2D eigenvalue weighted by Crippen LogP contribution is -2.28. The third kappa shape index (κ3) is 1.73. The second kappa shape index (κ2) is 4.53. The lowest BCUT2D eigenvalue weighted by molar-refractivity contribution is 0.186. The summed E-state index contributed by atoms with van der Waals surface area (Å²) >= 11 is 0. The zero-order valence-electron chi connectivity index (χ0n) is 10.4. The minimum absolute atomic E-state index is 0.00514. The highest BCUT2D eigenvalue weighted by atomic mass is 16.5. The molecule has 0 bridgehead atoms. The third-order valence-electron chi connectivity index (χ3n) is 3.32. The number of hydrogen-bond acceptors (Lipinski definition) is 4. The predicted molar refractivity (Wildman–Crippen MR) is 65.7 cm³/mol. The van der Waals surface area contributed by atoms with Crippen LogP contribution in [0.1, 0.15) is 31.5 Å². The normalized spacial score (nSPS) is 19.7. The zero-order chi connectivity index (χ0) is 12.5. The van der Waals surface area contributed by atoms with Crippen molar-refractivity contribution in [3.05, 3.63) is 28.4 Å². The predicted octanol–water partition coefficient (Wildman–Crippen LogP) is 0.805. The number of nitrogens with zero attached hydrogens (tertiary/aromatic N) is 4. The standard InChI is InChI=1S/C12H16N4O2/c1-2-3-9-6-11(17)15(10-4-5-18-7-10)12-13-8-14-16(9)12/h6,8,10H,2-5,7H2,1H3. The van der Waals surface area contributed by atoms with Gasteiger partial charge in [-0.05, 0) is 12.8 Å². The van der Waals surface area contributed by atoms with Crippen molar-refractivity contribution >= 4 is 5.78 Å². The lowest BCUT2D eigenvalue weighted by Gasteiger charge is -2.14. The van der Waals surface area contributed by atoms with Crippen molar-refractivity contribution in [2.24, 2.45) is 0 Å². The summed E-state index contributed by atoms with van der Waals surface area (Å²) in [5.74, 6) is 0.626. The molecule has 2 aromatic rings. The molecule has 0 aromatic carbocycles. The average Bonchev–Trinajstić information content (AvgIpc) is 2.99. The van der Waals surface area contributed by atoms with Crippen molar-refractivity contribution in [1.29, 1.82) is 0 Å². The Hall–Kier alpha value is -1.69. The Labute approximate surface area is 104 Å². The smallest absolute Gasteiger partial charge is 0.255 e. The molecule has 1 atom stereocenters. The Kier molecular flexibility index (Phi) is 2.87. The van der Waals surface area contributed by atoms with Crippen LogP contribution in [0.3, 0.4) is 0 Å². The molecule has 0 N–H and O–H groups in total. The van der Waals surface area contributed by atoms with Crippen molar-refractivity contribution in [2.75, 3.05) is 13.2 Å². The number of aryl methyl sites for hydroxylation is 1. The van der Waals surface area contributed by atoms with Gasteiger partial charge in [-0.3, -0.25) is 9.36 Å². The van der Waals surface area contributed by atoms with Gasteiger partial charge in [-0.25, -0.2) is 4.52 Å². The SMILES string of the molecule is CCCc1cc(=O)n(C2CCOC2)c2ncnn12. The maximum Gasteiger partial charge on any atom is 0.255 e. The van der Waals surface area contributed by atoms with Gasteiger partial charge in [0.05, 0.1) is 18.3 Å². The van der Waals surface area contributed by atoms with Crippen molar-refractivity contribution < 1.29 is 4.74 Å². The molecule has 96 valence electrons. The Morgan fingerprint density at radius 1 is 1.56 bits per heavy atom. The third-order valence-corrected chi connectivity index (χ3v) is 3.32. The number of fused-ring (bicyclic) bond motifs is 1. The van der Waals surface area contributed by atoms with Crippen LogP contribution in [0.25, 0.3) is 5.78 Å². The van der Waals surface area contributed by atoms with Crippen LogP contribution in [0, 0.1) is 0 Å². The molecular weight excluding hydrogens is 232 g/mol. The first-order chi connectivity index (χ1) is 8.81. The van der Waals surface area contributed by atoms with Crippen molar-refractivity contribution in [2.45, 2.75) is 32.2 Å². The van der Waals surface area contributed by atoms with E-state index in [0.29, 0.717) is 19.0 Å². The number of ether oxygens (including phenoxy) is 1. The maximum absolute atomic E-state index is 12.2. The number of aromatic nitrogens is 4. The molecule has 0 radical (unpaired) electrons. The fourth-order valence-electron chi connectivity index (χ4n) is 2.48. The van der Waals surface area contributed by atoms with Crippen LogP contribution in [-0.4, -0.2) is 32.4 Å². The maximum atomic E-state index is 12.2. The molecule has 1 aliphatic rings. The molecular formula is C12H16N4O2. The first-order valence-corrected chi connectivity index (χ1v) is 6.33. The Morgan fingerprint density at radius 2 is 2.44 bits per heavy atom. The van der Waals surface area contributed by atoms with Gasteiger partial charge in [0.1, 0.15) is 6.33 Å². The Morgan fingerprint density at radius 3 is 3.17 bits per heavy atom. The topological polar surface area (TPSA) is 61.4 Å². The molecule has 1 aliphatic heterocycles. The Bertz CT molecular complexity index is 610. The fourth-order valence-corrected chi connectivity index (χ4v) is 2.48. The fraction of sp³-hybridized carbons (Fsp3) is 0.583.